The number of nitrogens with one attached hydrogen (secondary N) is 2. The second kappa shape index (κ2) is 18.9. The maximum absolute atomic E-state index is 14.4. The maximum Gasteiger partial charge on any atom is 0.201 e. The van der Waals surface area contributed by atoms with Crippen molar-refractivity contribution in [2.24, 2.45) is 23.5 Å². The van der Waals surface area contributed by atoms with Crippen molar-refractivity contribution >= 4 is 23.3 Å². The summed E-state index contributed by atoms with van der Waals surface area (Å²) in [5.41, 5.74) is 22.9. The molecule has 12 atom stereocenters. The van der Waals surface area contributed by atoms with Crippen molar-refractivity contribution in [1.82, 2.24) is 77.3 Å². The summed E-state index contributed by atoms with van der Waals surface area (Å²) in [5, 5.41) is 78.5. The number of hydrazine groups is 1. The predicted molar refractivity (Wildman–Crippen MR) is 336 cm³/mol. The predicted octanol–water partition coefficient (Wildman–Crippen LogP) is 8.02. The van der Waals surface area contributed by atoms with Crippen molar-refractivity contribution in [2.75, 3.05) is 15.8 Å². The molecular weight excluding hydrogens is 1160 g/mol. The average molecular weight is 1220 g/mol. The van der Waals surface area contributed by atoms with E-state index in [0.717, 1.165) is 67.3 Å². The first-order valence-electron chi connectivity index (χ1n) is 31.7. The van der Waals surface area contributed by atoms with Gasteiger partial charge in [0, 0.05) is 90.5 Å². The molecule has 7 unspecified atom stereocenters. The van der Waals surface area contributed by atoms with Crippen LogP contribution in [0.2, 0.25) is 0 Å². The Morgan fingerprint density at radius 3 is 1.38 bits per heavy atom. The van der Waals surface area contributed by atoms with Crippen molar-refractivity contribution in [2.45, 2.75) is 106 Å². The van der Waals surface area contributed by atoms with E-state index in [1.54, 1.807) is 16.0 Å². The Labute approximate surface area is 525 Å². The van der Waals surface area contributed by atoms with Gasteiger partial charge in [0.2, 0.25) is 5.72 Å². The number of fused-ring (bicyclic) bond motifs is 16. The zero-order valence-corrected chi connectivity index (χ0v) is 49.6. The summed E-state index contributed by atoms with van der Waals surface area (Å²) in [4.78, 5) is 18.2. The minimum atomic E-state index is -2.14. The van der Waals surface area contributed by atoms with Crippen LogP contribution in [-0.2, 0) is 31.9 Å². The van der Waals surface area contributed by atoms with E-state index in [1.165, 1.54) is 0 Å². The number of aliphatic hydroxyl groups is 4. The van der Waals surface area contributed by atoms with Gasteiger partial charge in [0.25, 0.3) is 0 Å². The normalized spacial score (nSPS) is 27.1. The molecule has 0 saturated heterocycles. The molecule has 0 saturated carbocycles. The Bertz CT molecular complexity index is 4980. The molecule has 8 aliphatic rings. The molecule has 0 spiro atoms. The number of aromatic nitrogens is 16. The van der Waals surface area contributed by atoms with Crippen molar-refractivity contribution < 1.29 is 20.4 Å². The van der Waals surface area contributed by atoms with Gasteiger partial charge in [-0.25, -0.2) is 24.9 Å². The molecule has 0 bridgehead atoms. The number of hydrogen-bond acceptors (Lipinski definition) is 16. The lowest BCUT2D eigenvalue weighted by atomic mass is 9.71. The number of nitrogens with zero attached hydrogens (tertiary/aromatic N) is 17. The molecule has 0 radical (unpaired) electrons. The minimum absolute atomic E-state index is 0.131. The highest BCUT2D eigenvalue weighted by Crippen LogP contribution is 2.56. The maximum atomic E-state index is 14.4. The Morgan fingerprint density at radius 2 is 0.859 bits per heavy atom. The number of aryl methyl sites for hydroxylation is 4. The van der Waals surface area contributed by atoms with Gasteiger partial charge in [-0.3, -0.25) is 24.2 Å². The molecule has 20 rings (SSSR count). The molecule has 16 heterocycles. The molecule has 458 valence electrons. The van der Waals surface area contributed by atoms with Crippen molar-refractivity contribution in [3.05, 3.63) is 216 Å². The van der Waals surface area contributed by atoms with E-state index in [0.29, 0.717) is 91.5 Å². The van der Waals surface area contributed by atoms with Gasteiger partial charge in [-0.1, -0.05) is 97.1 Å². The van der Waals surface area contributed by atoms with Gasteiger partial charge in [0.15, 0.2) is 23.3 Å². The summed E-state index contributed by atoms with van der Waals surface area (Å²) in [6.45, 7) is 1.87. The third kappa shape index (κ3) is 7.06. The van der Waals surface area contributed by atoms with Crippen molar-refractivity contribution in [3.63, 3.8) is 0 Å². The van der Waals surface area contributed by atoms with E-state index >= 15 is 0 Å². The molecule has 0 amide bonds. The number of anilines is 4. The van der Waals surface area contributed by atoms with Gasteiger partial charge in [0.1, 0.15) is 18.3 Å². The van der Waals surface area contributed by atoms with Crippen LogP contribution < -0.4 is 21.5 Å². The fourth-order valence-corrected chi connectivity index (χ4v) is 17.7. The number of hydrogen-bond donors (Lipinski definition) is 7. The fraction of sp³-hybridized carbons (Fsp3) is 0.294. The van der Waals surface area contributed by atoms with Crippen LogP contribution in [0.4, 0.5) is 23.3 Å². The van der Waals surface area contributed by atoms with E-state index in [-0.39, 0.29) is 42.3 Å². The monoisotopic (exact) mass is 1220 g/mol. The molecule has 92 heavy (non-hydrogen) atoms. The van der Waals surface area contributed by atoms with Crippen LogP contribution in [0.5, 0.6) is 0 Å². The van der Waals surface area contributed by atoms with Gasteiger partial charge in [0.05, 0.1) is 125 Å². The first kappa shape index (κ1) is 52.5. The number of aliphatic hydroxyl groups excluding tert-OH is 3. The summed E-state index contributed by atoms with van der Waals surface area (Å²) < 4.78 is 16.0. The van der Waals surface area contributed by atoms with Gasteiger partial charge >= 0.3 is 0 Å². The molecule has 8 N–H and O–H groups in total. The van der Waals surface area contributed by atoms with Crippen LogP contribution in [0.25, 0.3) is 45.0 Å². The van der Waals surface area contributed by atoms with Gasteiger partial charge in [-0.05, 0) is 47.9 Å². The Kier molecular flexibility index (Phi) is 10.8. The number of benzene rings is 4. The van der Waals surface area contributed by atoms with Crippen molar-refractivity contribution in [3.8, 4) is 45.0 Å². The zero-order chi connectivity index (χ0) is 61.0. The third-order valence-electron chi connectivity index (χ3n) is 21.9. The number of imidazole rings is 4. The number of nitrogens with two attached hydrogens (primary N) is 1. The second-order valence-corrected chi connectivity index (χ2v) is 26.2. The smallest absolute Gasteiger partial charge is 0.201 e. The standard InChI is InChI=1S/C68H62N20O4/c69-67(66-44-16-8-4-12-40(44)54-32-73-36-83(54)66)20-24-87-55(68(67,92)74-56-25-48-63(89)45(17-21-84(48)75-56)60-41-13-5-1-9-37(41)51-29-70-33-80(51)60)28-59(79-87)88(58-27-50-65(91)47(19-23-86(50)78-58)62-43-15-7-3-11-39(43)53-31-72-35-82(53)62)77-57-26-49-64(90)46(18-22-85(49)76-57)61-42-14-6-2-10-38(42)52-30-71-34-81(52)61/h1-16,25-36,45-47,60-66,89-92H,17-24,69H2,(H,74,75)(H,76,77)/t45?,46?,47-,60?,61?,62-,63?,64-,65+,66?,67?,68+/m0/s1. The molecule has 24 heteroatoms. The lowest BCUT2D eigenvalue weighted by Gasteiger charge is -2.51. The molecule has 4 aromatic carbocycles. The van der Waals surface area contributed by atoms with E-state index < -0.39 is 35.6 Å². The largest absolute Gasteiger partial charge is 0.386 e. The van der Waals surface area contributed by atoms with Crippen LogP contribution >= 0.6 is 0 Å². The van der Waals surface area contributed by atoms with Crippen LogP contribution in [0.1, 0.15) is 113 Å². The van der Waals surface area contributed by atoms with Gasteiger partial charge in [-0.15, -0.1) is 0 Å². The van der Waals surface area contributed by atoms with E-state index in [2.05, 4.69) is 110 Å². The summed E-state index contributed by atoms with van der Waals surface area (Å²) in [5.74, 6) is 0.870. The van der Waals surface area contributed by atoms with E-state index in [1.807, 2.05) is 118 Å². The van der Waals surface area contributed by atoms with Crippen LogP contribution in [0.3, 0.4) is 0 Å². The molecule has 24 nitrogen and oxygen atoms in total. The molecular formula is C68H62N20O4. The zero-order valence-electron chi connectivity index (χ0n) is 49.6. The summed E-state index contributed by atoms with van der Waals surface area (Å²) in [6, 6.07) is 39.6. The number of rotatable bonds is 10. The highest BCUT2D eigenvalue weighted by Gasteiger charge is 2.61. The van der Waals surface area contributed by atoms with Crippen LogP contribution in [0.15, 0.2) is 171 Å². The topological polar surface area (TPSA) is 277 Å². The quantitative estimate of drug-likeness (QED) is 0.0504. The summed E-state index contributed by atoms with van der Waals surface area (Å²) in [6.07, 6.45) is 14.3. The highest BCUT2D eigenvalue weighted by atomic mass is 16.3. The molecule has 0 aliphatic carbocycles. The summed E-state index contributed by atoms with van der Waals surface area (Å²) >= 11 is 0. The summed E-state index contributed by atoms with van der Waals surface area (Å²) in [7, 11) is 0. The fourth-order valence-electron chi connectivity index (χ4n) is 17.7. The highest BCUT2D eigenvalue weighted by molar-refractivity contribution is 5.73. The van der Waals surface area contributed by atoms with E-state index in [9.17, 15) is 20.4 Å². The Morgan fingerprint density at radius 1 is 0.457 bits per heavy atom. The average Bonchev–Trinajstić information content (AvgIpc) is 1.47. The van der Waals surface area contributed by atoms with E-state index in [4.69, 9.17) is 26.1 Å². The molecule has 0 fully saturated rings. The minimum Gasteiger partial charge on any atom is -0.386 e. The second-order valence-electron chi connectivity index (χ2n) is 26.2. The molecule has 8 aliphatic heterocycles. The Balaban J connectivity index is 0.699. The van der Waals surface area contributed by atoms with Crippen LogP contribution in [0, 0.1) is 17.8 Å². The molecule has 12 aromatic rings. The first-order valence-corrected chi connectivity index (χ1v) is 31.7. The Hall–Kier alpha value is -10.2. The third-order valence-corrected chi connectivity index (χ3v) is 21.9. The SMILES string of the molecule is NC1(C2c3ccccc3-c3cncn32)CCn2nc(N(Nc3cc4n(n3)CCC(C3c5ccccc5-c5cncn53)[C@@H]4O)c3cc4n(n3)CC[C@@H]([C@@H]3c5ccccc5-c5cncn53)[C@H]4O)cc2[C@]1(O)Nc1cc2n(n1)CCC(C1c3ccccc3-c3cncn31)C2O. The lowest BCUT2D eigenvalue weighted by Crippen LogP contribution is -2.69. The van der Waals surface area contributed by atoms with Crippen molar-refractivity contribution in [1.29, 1.82) is 0 Å². The van der Waals surface area contributed by atoms with Gasteiger partial charge < -0.3 is 49.7 Å². The molecule has 8 aromatic heterocycles. The van der Waals surface area contributed by atoms with Gasteiger partial charge in [-0.2, -0.15) is 20.4 Å². The lowest BCUT2D eigenvalue weighted by molar-refractivity contribution is -0.0600. The van der Waals surface area contributed by atoms with Crippen LogP contribution in [-0.4, -0.2) is 103 Å². The first-order chi connectivity index (χ1) is 45.1.